The Morgan fingerprint density at radius 2 is 1.57 bits per heavy atom. The number of fused-ring (bicyclic) bond motifs is 1. The van der Waals surface area contributed by atoms with E-state index in [0.717, 1.165) is 16.5 Å². The Hall–Kier alpha value is -4.06. The van der Waals surface area contributed by atoms with E-state index in [0.29, 0.717) is 23.3 Å². The fourth-order valence-electron chi connectivity index (χ4n) is 3.15. The Morgan fingerprint density at radius 1 is 0.833 bits per heavy atom. The first-order valence-electron chi connectivity index (χ1n) is 9.60. The van der Waals surface area contributed by atoms with Gasteiger partial charge in [-0.2, -0.15) is 0 Å². The van der Waals surface area contributed by atoms with Gasteiger partial charge in [0, 0.05) is 29.9 Å². The molecule has 0 aliphatic heterocycles. The van der Waals surface area contributed by atoms with Crippen molar-refractivity contribution >= 4 is 22.7 Å². The first-order chi connectivity index (χ1) is 14.7. The number of hydrogen-bond acceptors (Lipinski definition) is 4. The maximum atomic E-state index is 12.9. The molecule has 0 spiro atoms. The fraction of sp³-hybridized carbons (Fsp3) is 0.0833. The van der Waals surface area contributed by atoms with Crippen molar-refractivity contribution in [3.63, 3.8) is 0 Å². The summed E-state index contributed by atoms with van der Waals surface area (Å²) in [4.78, 5) is 33.7. The van der Waals surface area contributed by atoms with Crippen LogP contribution in [-0.2, 0) is 11.3 Å². The summed E-state index contributed by atoms with van der Waals surface area (Å²) in [5.41, 5.74) is 3.73. The highest BCUT2D eigenvalue weighted by Crippen LogP contribution is 2.24. The van der Waals surface area contributed by atoms with Crippen molar-refractivity contribution in [1.29, 1.82) is 0 Å². The lowest BCUT2D eigenvalue weighted by Crippen LogP contribution is -2.36. The number of nitrogens with one attached hydrogen (secondary N) is 2. The van der Waals surface area contributed by atoms with Crippen molar-refractivity contribution in [2.75, 3.05) is 6.54 Å². The Bertz CT molecular complexity index is 1180. The van der Waals surface area contributed by atoms with E-state index in [4.69, 9.17) is 0 Å². The summed E-state index contributed by atoms with van der Waals surface area (Å²) in [6, 6.07) is 22.5. The number of hydrogen-bond donors (Lipinski definition) is 2. The molecule has 30 heavy (non-hydrogen) atoms. The number of para-hydroxylation sites is 1. The topological polar surface area (TPSA) is 84.0 Å². The van der Waals surface area contributed by atoms with E-state index < -0.39 is 0 Å². The Kier molecular flexibility index (Phi) is 5.75. The van der Waals surface area contributed by atoms with Crippen molar-refractivity contribution in [1.82, 2.24) is 20.6 Å². The van der Waals surface area contributed by atoms with Crippen LogP contribution in [0.15, 0.2) is 85.2 Å². The smallest absolute Gasteiger partial charge is 0.252 e. The third-order valence-electron chi connectivity index (χ3n) is 4.68. The van der Waals surface area contributed by atoms with Gasteiger partial charge in [-0.15, -0.1) is 0 Å². The van der Waals surface area contributed by atoms with Gasteiger partial charge in [0.05, 0.1) is 23.3 Å². The van der Waals surface area contributed by atoms with Crippen LogP contribution in [-0.4, -0.2) is 28.3 Å². The maximum absolute atomic E-state index is 12.9. The van der Waals surface area contributed by atoms with E-state index in [2.05, 4.69) is 20.6 Å². The number of benzene rings is 2. The van der Waals surface area contributed by atoms with Gasteiger partial charge in [-0.3, -0.25) is 14.6 Å². The molecular formula is C24H20N4O2. The van der Waals surface area contributed by atoms with Crippen LogP contribution in [0, 0.1) is 0 Å². The standard InChI is InChI=1S/C24H20N4O2/c29-23(26-15-17-6-2-1-3-7-17)16-27-24(30)20-14-22(18-10-12-25-13-11-18)28-21-9-5-4-8-19(20)21/h1-14H,15-16H2,(H,26,29)(H,27,30). The van der Waals surface area contributed by atoms with Gasteiger partial charge in [-0.1, -0.05) is 48.5 Å². The van der Waals surface area contributed by atoms with Crippen molar-refractivity contribution in [2.45, 2.75) is 6.54 Å². The van der Waals surface area contributed by atoms with Gasteiger partial charge in [-0.05, 0) is 29.8 Å². The van der Waals surface area contributed by atoms with E-state index in [1.54, 1.807) is 18.5 Å². The normalized spacial score (nSPS) is 10.5. The second-order valence-corrected chi connectivity index (χ2v) is 6.75. The molecule has 2 amide bonds. The molecule has 0 saturated heterocycles. The minimum absolute atomic E-state index is 0.104. The zero-order chi connectivity index (χ0) is 20.8. The molecule has 2 heterocycles. The summed E-state index contributed by atoms with van der Waals surface area (Å²) in [6.45, 7) is 0.312. The zero-order valence-corrected chi connectivity index (χ0v) is 16.2. The molecule has 148 valence electrons. The molecule has 2 aromatic carbocycles. The average Bonchev–Trinajstić information content (AvgIpc) is 2.81. The van der Waals surface area contributed by atoms with Crippen molar-refractivity contribution < 1.29 is 9.59 Å². The average molecular weight is 396 g/mol. The minimum Gasteiger partial charge on any atom is -0.350 e. The highest BCUT2D eigenvalue weighted by Gasteiger charge is 2.14. The predicted molar refractivity (Wildman–Crippen MR) is 116 cm³/mol. The first kappa shape index (κ1) is 19.3. The quantitative estimate of drug-likeness (QED) is 0.524. The molecule has 6 heteroatoms. The van der Waals surface area contributed by atoms with E-state index in [1.165, 1.54) is 0 Å². The molecule has 0 radical (unpaired) electrons. The van der Waals surface area contributed by atoms with Gasteiger partial charge < -0.3 is 10.6 Å². The molecule has 0 saturated carbocycles. The van der Waals surface area contributed by atoms with Gasteiger partial charge in [-0.25, -0.2) is 4.98 Å². The van der Waals surface area contributed by atoms with Crippen molar-refractivity contribution in [2.24, 2.45) is 0 Å². The molecule has 0 fully saturated rings. The predicted octanol–water partition coefficient (Wildman–Crippen LogP) is 3.34. The van der Waals surface area contributed by atoms with E-state index in [1.807, 2.05) is 66.7 Å². The molecule has 6 nitrogen and oxygen atoms in total. The largest absolute Gasteiger partial charge is 0.350 e. The lowest BCUT2D eigenvalue weighted by Gasteiger charge is -2.11. The molecule has 0 unspecified atom stereocenters. The van der Waals surface area contributed by atoms with Crippen molar-refractivity contribution in [3.05, 3.63) is 96.3 Å². The molecule has 0 aliphatic rings. The molecule has 4 aromatic rings. The fourth-order valence-corrected chi connectivity index (χ4v) is 3.15. The monoisotopic (exact) mass is 396 g/mol. The van der Waals surface area contributed by atoms with Crippen LogP contribution in [0.1, 0.15) is 15.9 Å². The third kappa shape index (κ3) is 4.50. The van der Waals surface area contributed by atoms with Gasteiger partial charge >= 0.3 is 0 Å². The Morgan fingerprint density at radius 3 is 2.37 bits per heavy atom. The lowest BCUT2D eigenvalue weighted by molar-refractivity contribution is -0.120. The Labute approximate surface area is 174 Å². The van der Waals surface area contributed by atoms with Crippen LogP contribution in [0.4, 0.5) is 0 Å². The highest BCUT2D eigenvalue weighted by atomic mass is 16.2. The van der Waals surface area contributed by atoms with Crippen LogP contribution in [0.3, 0.4) is 0 Å². The highest BCUT2D eigenvalue weighted by molar-refractivity contribution is 6.08. The van der Waals surface area contributed by atoms with E-state index in [9.17, 15) is 9.59 Å². The summed E-state index contributed by atoms with van der Waals surface area (Å²) in [7, 11) is 0. The maximum Gasteiger partial charge on any atom is 0.252 e. The van der Waals surface area contributed by atoms with E-state index >= 15 is 0 Å². The van der Waals surface area contributed by atoms with Gasteiger partial charge in [0.15, 0.2) is 0 Å². The second-order valence-electron chi connectivity index (χ2n) is 6.75. The number of carbonyl (C=O) groups is 2. The van der Waals surface area contributed by atoms with Crippen LogP contribution < -0.4 is 10.6 Å². The minimum atomic E-state index is -0.321. The van der Waals surface area contributed by atoms with E-state index in [-0.39, 0.29) is 18.4 Å². The summed E-state index contributed by atoms with van der Waals surface area (Å²) >= 11 is 0. The number of nitrogens with zero attached hydrogens (tertiary/aromatic N) is 2. The number of carbonyl (C=O) groups excluding carboxylic acids is 2. The molecule has 2 N–H and O–H groups in total. The molecule has 4 rings (SSSR count). The SMILES string of the molecule is O=C(CNC(=O)c1cc(-c2ccncc2)nc2ccccc12)NCc1ccccc1. The number of pyridine rings is 2. The molecule has 2 aromatic heterocycles. The number of amides is 2. The lowest BCUT2D eigenvalue weighted by atomic mass is 10.0. The summed E-state index contributed by atoms with van der Waals surface area (Å²) in [5, 5.41) is 6.26. The van der Waals surface area contributed by atoms with Crippen LogP contribution in [0.5, 0.6) is 0 Å². The van der Waals surface area contributed by atoms with Crippen molar-refractivity contribution in [3.8, 4) is 11.3 Å². The Balaban J connectivity index is 1.50. The van der Waals surface area contributed by atoms with Gasteiger partial charge in [0.1, 0.15) is 0 Å². The molecule has 0 aliphatic carbocycles. The molecular weight excluding hydrogens is 376 g/mol. The van der Waals surface area contributed by atoms with Crippen LogP contribution in [0.2, 0.25) is 0 Å². The van der Waals surface area contributed by atoms with Gasteiger partial charge in [0.2, 0.25) is 5.91 Å². The van der Waals surface area contributed by atoms with Gasteiger partial charge in [0.25, 0.3) is 5.91 Å². The van der Waals surface area contributed by atoms with Crippen LogP contribution >= 0.6 is 0 Å². The number of aromatic nitrogens is 2. The first-order valence-corrected chi connectivity index (χ1v) is 9.60. The van der Waals surface area contributed by atoms with Crippen LogP contribution in [0.25, 0.3) is 22.2 Å². The molecule has 0 bridgehead atoms. The zero-order valence-electron chi connectivity index (χ0n) is 16.2. The molecule has 0 atom stereocenters. The summed E-state index contributed by atoms with van der Waals surface area (Å²) in [5.74, 6) is -0.571. The third-order valence-corrected chi connectivity index (χ3v) is 4.68. The second kappa shape index (κ2) is 8.96. The summed E-state index contributed by atoms with van der Waals surface area (Å²) < 4.78 is 0. The summed E-state index contributed by atoms with van der Waals surface area (Å²) in [6.07, 6.45) is 3.37. The number of rotatable bonds is 6.